The number of amides is 2. The normalized spacial score (nSPS) is 18.5. The maximum atomic E-state index is 12.3. The molecular weight excluding hydrogens is 377 g/mol. The van der Waals surface area contributed by atoms with Gasteiger partial charge in [0.05, 0.1) is 5.75 Å². The first-order chi connectivity index (χ1) is 12.0. The summed E-state index contributed by atoms with van der Waals surface area (Å²) in [4.78, 5) is 14.4. The Morgan fingerprint density at radius 2 is 1.62 bits per heavy atom. The molecule has 1 saturated heterocycles. The van der Waals surface area contributed by atoms with E-state index < -0.39 is 16.1 Å². The van der Waals surface area contributed by atoms with Gasteiger partial charge in [-0.2, -0.15) is 0 Å². The van der Waals surface area contributed by atoms with Crippen LogP contribution in [-0.4, -0.2) is 96.1 Å². The molecule has 2 aliphatic carbocycles. The fraction of sp³-hybridized carbons (Fsp3) is 0.611. The van der Waals surface area contributed by atoms with Crippen molar-refractivity contribution in [2.75, 3.05) is 30.7 Å². The van der Waals surface area contributed by atoms with Crippen molar-refractivity contribution >= 4 is 73.1 Å². The molecule has 1 radical (unpaired) electrons. The van der Waals surface area contributed by atoms with Gasteiger partial charge in [0.25, 0.3) is 0 Å². The molecule has 0 atom stereocenters. The second kappa shape index (κ2) is 8.59. The molecule has 6 nitrogen and oxygen atoms in total. The topological polar surface area (TPSA) is 78.5 Å². The van der Waals surface area contributed by atoms with Crippen molar-refractivity contribution in [2.45, 2.75) is 44.9 Å². The molecule has 0 saturated carbocycles. The number of benzene rings is 1. The van der Waals surface area contributed by atoms with Crippen molar-refractivity contribution in [2.24, 2.45) is 0 Å². The predicted octanol–water partition coefficient (Wildman–Crippen LogP) is 1.44. The summed E-state index contributed by atoms with van der Waals surface area (Å²) in [6.45, 7) is 2.38. The molecule has 8 heteroatoms. The van der Waals surface area contributed by atoms with Crippen LogP contribution in [0.3, 0.4) is 0 Å². The molecular formula is C18H25KN3O3S. The van der Waals surface area contributed by atoms with Gasteiger partial charge in [-0.15, -0.1) is 0 Å². The number of hydrogen-bond donors (Lipinski definition) is 2. The monoisotopic (exact) mass is 402 g/mol. The number of carbonyl (C=O) groups excluding carboxylic acids is 1. The summed E-state index contributed by atoms with van der Waals surface area (Å²) in [5.74, 6) is -0.0363. The minimum atomic E-state index is -3.60. The van der Waals surface area contributed by atoms with E-state index in [1.807, 2.05) is 0 Å². The molecule has 2 N–H and O–H groups in total. The zero-order valence-electron chi connectivity index (χ0n) is 15.4. The summed E-state index contributed by atoms with van der Waals surface area (Å²) in [5, 5.41) is 2.87. The molecule has 0 aromatic heterocycles. The van der Waals surface area contributed by atoms with Gasteiger partial charge in [0, 0.05) is 63.6 Å². The first-order valence-electron chi connectivity index (χ1n) is 9.22. The quantitative estimate of drug-likeness (QED) is 0.731. The summed E-state index contributed by atoms with van der Waals surface area (Å²) in [5.41, 5.74) is 5.91. The van der Waals surface area contributed by atoms with Crippen LogP contribution >= 0.6 is 0 Å². The van der Waals surface area contributed by atoms with Crippen molar-refractivity contribution < 1.29 is 13.2 Å². The Balaban J connectivity index is 0.00000196. The molecule has 1 fully saturated rings. The molecule has 1 heterocycles. The van der Waals surface area contributed by atoms with E-state index in [0.29, 0.717) is 6.54 Å². The van der Waals surface area contributed by atoms with Crippen molar-refractivity contribution in [1.82, 2.24) is 9.62 Å². The van der Waals surface area contributed by atoms with Gasteiger partial charge in [-0.25, -0.2) is 17.9 Å². The van der Waals surface area contributed by atoms with E-state index in [-0.39, 0.29) is 57.1 Å². The standard InChI is InChI=1S/C18H25N3O3S.K/c22-18(20-25(23,24)11-10-21-8-3-9-21)19-17-15-6-1-4-13(15)12-14-5-2-7-16(14)17;/h12H,1-11H2,(H2,19,20,22);. The Morgan fingerprint density at radius 3 is 2.15 bits per heavy atom. The summed E-state index contributed by atoms with van der Waals surface area (Å²) in [6.07, 6.45) is 7.34. The Morgan fingerprint density at radius 1 is 1.00 bits per heavy atom. The van der Waals surface area contributed by atoms with Crippen LogP contribution in [0.4, 0.5) is 10.5 Å². The minimum absolute atomic E-state index is 0. The third kappa shape index (κ3) is 4.53. The van der Waals surface area contributed by atoms with E-state index >= 15 is 0 Å². The van der Waals surface area contributed by atoms with Crippen LogP contribution in [0.15, 0.2) is 6.07 Å². The van der Waals surface area contributed by atoms with E-state index in [1.54, 1.807) is 0 Å². The van der Waals surface area contributed by atoms with Gasteiger partial charge in [0.15, 0.2) is 0 Å². The number of fused-ring (bicyclic) bond motifs is 2. The number of urea groups is 1. The van der Waals surface area contributed by atoms with Crippen molar-refractivity contribution in [3.8, 4) is 0 Å². The summed E-state index contributed by atoms with van der Waals surface area (Å²) < 4.78 is 26.5. The van der Waals surface area contributed by atoms with Crippen LogP contribution in [0, 0.1) is 0 Å². The van der Waals surface area contributed by atoms with Gasteiger partial charge in [0.1, 0.15) is 0 Å². The number of rotatable bonds is 5. The van der Waals surface area contributed by atoms with Crippen molar-refractivity contribution in [3.05, 3.63) is 28.3 Å². The van der Waals surface area contributed by atoms with Gasteiger partial charge >= 0.3 is 6.03 Å². The van der Waals surface area contributed by atoms with Gasteiger partial charge < -0.3 is 10.2 Å². The maximum Gasteiger partial charge on any atom is 0.332 e. The van der Waals surface area contributed by atoms with Crippen molar-refractivity contribution in [1.29, 1.82) is 0 Å². The van der Waals surface area contributed by atoms with Crippen LogP contribution in [-0.2, 0) is 35.7 Å². The molecule has 137 valence electrons. The van der Waals surface area contributed by atoms with Gasteiger partial charge in [0.2, 0.25) is 10.0 Å². The molecule has 4 rings (SSSR count). The van der Waals surface area contributed by atoms with E-state index in [2.05, 4.69) is 21.0 Å². The van der Waals surface area contributed by atoms with Crippen LogP contribution in [0.2, 0.25) is 0 Å². The number of nitrogens with zero attached hydrogens (tertiary/aromatic N) is 1. The van der Waals surface area contributed by atoms with E-state index in [4.69, 9.17) is 0 Å². The second-order valence-electron chi connectivity index (χ2n) is 7.30. The SMILES string of the molecule is O=C(Nc1c2c(cc3c1CCC3)CCC2)NS(=O)(=O)CCN1CCC1.[K]. The minimum Gasteiger partial charge on any atom is -0.307 e. The summed E-state index contributed by atoms with van der Waals surface area (Å²) in [7, 11) is -3.60. The Bertz CT molecular complexity index is 774. The molecule has 3 aliphatic rings. The Hall–Kier alpha value is 0.0364. The second-order valence-corrected chi connectivity index (χ2v) is 9.15. The zero-order chi connectivity index (χ0) is 17.4. The summed E-state index contributed by atoms with van der Waals surface area (Å²) in [6, 6.07) is 1.66. The van der Waals surface area contributed by atoms with Crippen molar-refractivity contribution in [3.63, 3.8) is 0 Å². The predicted molar refractivity (Wildman–Crippen MR) is 103 cm³/mol. The van der Waals surface area contributed by atoms with Crippen LogP contribution in [0.5, 0.6) is 0 Å². The smallest absolute Gasteiger partial charge is 0.307 e. The Labute approximate surface area is 197 Å². The van der Waals surface area contributed by atoms with Crippen LogP contribution < -0.4 is 10.0 Å². The van der Waals surface area contributed by atoms with Gasteiger partial charge in [-0.1, -0.05) is 6.07 Å². The van der Waals surface area contributed by atoms with E-state index in [0.717, 1.165) is 63.7 Å². The number of nitrogens with one attached hydrogen (secondary N) is 2. The summed E-state index contributed by atoms with van der Waals surface area (Å²) >= 11 is 0. The van der Waals surface area contributed by atoms with Gasteiger partial charge in [-0.05, 0) is 80.3 Å². The first kappa shape index (κ1) is 20.8. The number of likely N-dealkylation sites (tertiary alicyclic amines) is 1. The molecule has 0 bridgehead atoms. The van der Waals surface area contributed by atoms with E-state index in [9.17, 15) is 13.2 Å². The molecule has 1 aromatic rings. The fourth-order valence-electron chi connectivity index (χ4n) is 4.15. The molecule has 1 aliphatic heterocycles. The fourth-order valence-corrected chi connectivity index (χ4v) is 5.09. The third-order valence-electron chi connectivity index (χ3n) is 5.58. The van der Waals surface area contributed by atoms with Gasteiger partial charge in [-0.3, -0.25) is 0 Å². The molecule has 0 spiro atoms. The molecule has 0 unspecified atom stereocenters. The number of hydrogen-bond acceptors (Lipinski definition) is 4. The number of anilines is 1. The van der Waals surface area contributed by atoms with Crippen LogP contribution in [0.1, 0.15) is 41.5 Å². The molecule has 1 aromatic carbocycles. The Kier molecular flexibility index (Phi) is 6.86. The molecule has 2 amide bonds. The number of carbonyl (C=O) groups is 1. The third-order valence-corrected chi connectivity index (χ3v) is 6.80. The average molecular weight is 403 g/mol. The number of sulfonamides is 1. The zero-order valence-corrected chi connectivity index (χ0v) is 19.4. The van der Waals surface area contributed by atoms with Crippen LogP contribution in [0.25, 0.3) is 0 Å². The first-order valence-corrected chi connectivity index (χ1v) is 10.9. The maximum absolute atomic E-state index is 12.3. The van der Waals surface area contributed by atoms with E-state index in [1.165, 1.54) is 22.3 Å². The largest absolute Gasteiger partial charge is 0.332 e. The molecule has 26 heavy (non-hydrogen) atoms. The average Bonchev–Trinajstić information content (AvgIpc) is 3.12. The number of aryl methyl sites for hydroxylation is 2.